The van der Waals surface area contributed by atoms with Crippen LogP contribution in [0.5, 0.6) is 0 Å². The maximum Gasteiger partial charge on any atom is 0.328 e. The van der Waals surface area contributed by atoms with Crippen molar-refractivity contribution in [2.24, 2.45) is 0 Å². The van der Waals surface area contributed by atoms with Crippen LogP contribution >= 0.6 is 11.6 Å². The second-order valence-corrected chi connectivity index (χ2v) is 8.48. The molecule has 1 fully saturated rings. The topological polar surface area (TPSA) is 124 Å². The highest BCUT2D eigenvalue weighted by atomic mass is 35.5. The Kier molecular flexibility index (Phi) is 6.62. The number of amides is 1. The van der Waals surface area contributed by atoms with Gasteiger partial charge in [0.15, 0.2) is 6.04 Å². The van der Waals surface area contributed by atoms with Crippen LogP contribution in [-0.4, -0.2) is 60.0 Å². The molecule has 1 aliphatic heterocycles. The first-order valence-corrected chi connectivity index (χ1v) is 9.98. The largest absolute Gasteiger partial charge is 0.480 e. The fourth-order valence-corrected chi connectivity index (χ4v) is 4.45. The van der Waals surface area contributed by atoms with Gasteiger partial charge in [-0.1, -0.05) is 18.0 Å². The van der Waals surface area contributed by atoms with Crippen molar-refractivity contribution in [3.05, 3.63) is 28.8 Å². The predicted molar refractivity (Wildman–Crippen MR) is 94.6 cm³/mol. The summed E-state index contributed by atoms with van der Waals surface area (Å²) in [4.78, 5) is 23.4. The summed E-state index contributed by atoms with van der Waals surface area (Å²) in [5, 5.41) is 20.7. The van der Waals surface area contributed by atoms with Gasteiger partial charge in [-0.3, -0.25) is 4.79 Å². The predicted octanol–water partition coefficient (Wildman–Crippen LogP) is 1.08. The molecular formula is C16H21ClN2O6S. The minimum absolute atomic E-state index is 0.0187. The number of halogens is 1. The Morgan fingerprint density at radius 3 is 2.38 bits per heavy atom. The smallest absolute Gasteiger partial charge is 0.328 e. The van der Waals surface area contributed by atoms with Crippen LogP contribution in [0.2, 0.25) is 5.02 Å². The average molecular weight is 405 g/mol. The van der Waals surface area contributed by atoms with Crippen LogP contribution in [0.1, 0.15) is 36.5 Å². The van der Waals surface area contributed by atoms with E-state index in [0.717, 1.165) is 25.3 Å². The van der Waals surface area contributed by atoms with Crippen LogP contribution < -0.4 is 5.32 Å². The molecule has 0 saturated carbocycles. The lowest BCUT2D eigenvalue weighted by Gasteiger charge is -2.26. The molecule has 0 aliphatic carbocycles. The molecule has 10 heteroatoms. The minimum Gasteiger partial charge on any atom is -0.480 e. The molecule has 26 heavy (non-hydrogen) atoms. The Labute approximate surface area is 156 Å². The number of rotatable bonds is 6. The minimum atomic E-state index is -3.77. The van der Waals surface area contributed by atoms with E-state index in [-0.39, 0.29) is 15.5 Å². The Morgan fingerprint density at radius 2 is 1.85 bits per heavy atom. The van der Waals surface area contributed by atoms with E-state index < -0.39 is 34.0 Å². The zero-order chi connectivity index (χ0) is 19.5. The van der Waals surface area contributed by atoms with Crippen LogP contribution in [0.15, 0.2) is 23.1 Å². The van der Waals surface area contributed by atoms with Gasteiger partial charge in [0.25, 0.3) is 5.91 Å². The van der Waals surface area contributed by atoms with Crippen molar-refractivity contribution in [1.29, 1.82) is 0 Å². The molecule has 1 aromatic rings. The van der Waals surface area contributed by atoms with Gasteiger partial charge in [0.05, 0.1) is 21.6 Å². The molecule has 8 nitrogen and oxygen atoms in total. The first-order valence-electron chi connectivity index (χ1n) is 8.16. The summed E-state index contributed by atoms with van der Waals surface area (Å²) in [5.74, 6) is -2.29. The number of hydrogen-bond donors (Lipinski definition) is 3. The van der Waals surface area contributed by atoms with E-state index in [2.05, 4.69) is 5.32 Å². The van der Waals surface area contributed by atoms with Crippen molar-refractivity contribution in [2.75, 3.05) is 13.1 Å². The molecule has 0 aromatic heterocycles. The number of aliphatic hydroxyl groups is 1. The van der Waals surface area contributed by atoms with Gasteiger partial charge < -0.3 is 15.5 Å². The Bertz CT molecular complexity index is 790. The molecule has 0 radical (unpaired) electrons. The lowest BCUT2D eigenvalue weighted by atomic mass is 10.1. The maximum atomic E-state index is 12.7. The lowest BCUT2D eigenvalue weighted by molar-refractivity contribution is -0.141. The molecule has 144 valence electrons. The summed E-state index contributed by atoms with van der Waals surface area (Å²) < 4.78 is 26.8. The normalized spacial score (nSPS) is 18.1. The Balaban J connectivity index is 2.31. The summed E-state index contributed by atoms with van der Waals surface area (Å²) >= 11 is 5.99. The summed E-state index contributed by atoms with van der Waals surface area (Å²) in [5.41, 5.74) is -0.170. The SMILES string of the molecule is CC(O)C(NC(=O)c1cc(S(=O)(=O)N2CCCCC2)ccc1Cl)C(=O)O. The zero-order valence-electron chi connectivity index (χ0n) is 14.2. The van der Waals surface area contributed by atoms with E-state index in [1.807, 2.05) is 0 Å². The fraction of sp³-hybridized carbons (Fsp3) is 0.500. The van der Waals surface area contributed by atoms with Crippen molar-refractivity contribution >= 4 is 33.5 Å². The molecule has 1 saturated heterocycles. The number of carbonyl (C=O) groups excluding carboxylic acids is 1. The van der Waals surface area contributed by atoms with Gasteiger partial charge in [0.2, 0.25) is 10.0 Å². The molecule has 0 spiro atoms. The van der Waals surface area contributed by atoms with E-state index in [0.29, 0.717) is 13.1 Å². The van der Waals surface area contributed by atoms with Crippen molar-refractivity contribution in [3.63, 3.8) is 0 Å². The molecule has 1 aliphatic rings. The number of carboxylic acid groups (broad SMARTS) is 1. The van der Waals surface area contributed by atoms with Crippen LogP contribution in [0.25, 0.3) is 0 Å². The van der Waals surface area contributed by atoms with Crippen molar-refractivity contribution in [3.8, 4) is 0 Å². The summed E-state index contributed by atoms with van der Waals surface area (Å²) in [6, 6.07) is 2.18. The van der Waals surface area contributed by atoms with Crippen molar-refractivity contribution < 1.29 is 28.2 Å². The fourth-order valence-electron chi connectivity index (χ4n) is 2.70. The first-order chi connectivity index (χ1) is 12.1. The molecule has 2 atom stereocenters. The van der Waals surface area contributed by atoms with E-state index in [1.54, 1.807) is 0 Å². The number of benzene rings is 1. The number of carbonyl (C=O) groups is 2. The summed E-state index contributed by atoms with van der Waals surface area (Å²) in [6.07, 6.45) is 1.18. The Hall–Kier alpha value is -1.68. The van der Waals surface area contributed by atoms with Gasteiger partial charge in [0.1, 0.15) is 0 Å². The van der Waals surface area contributed by atoms with Crippen LogP contribution in [0, 0.1) is 0 Å². The third-order valence-electron chi connectivity index (χ3n) is 4.17. The zero-order valence-corrected chi connectivity index (χ0v) is 15.8. The average Bonchev–Trinajstić information content (AvgIpc) is 2.59. The van der Waals surface area contributed by atoms with Crippen molar-refractivity contribution in [2.45, 2.75) is 43.2 Å². The number of nitrogens with zero attached hydrogens (tertiary/aromatic N) is 1. The van der Waals surface area contributed by atoms with E-state index >= 15 is 0 Å². The Morgan fingerprint density at radius 1 is 1.23 bits per heavy atom. The monoisotopic (exact) mass is 404 g/mol. The number of sulfonamides is 1. The van der Waals surface area contributed by atoms with Gasteiger partial charge in [0, 0.05) is 13.1 Å². The molecular weight excluding hydrogens is 384 g/mol. The maximum absolute atomic E-state index is 12.7. The van der Waals surface area contributed by atoms with Crippen LogP contribution in [0.4, 0.5) is 0 Å². The molecule has 3 N–H and O–H groups in total. The molecule has 2 unspecified atom stereocenters. The van der Waals surface area contributed by atoms with Gasteiger partial charge in [-0.25, -0.2) is 13.2 Å². The van der Waals surface area contributed by atoms with E-state index in [9.17, 15) is 23.1 Å². The standard InChI is InChI=1S/C16H21ClN2O6S/c1-10(20)14(16(22)23)18-15(21)12-9-11(5-6-13(12)17)26(24,25)19-7-3-2-4-8-19/h5-6,9-10,14,20H,2-4,7-8H2,1H3,(H,18,21)(H,22,23). The quantitative estimate of drug-likeness (QED) is 0.651. The highest BCUT2D eigenvalue weighted by Gasteiger charge is 2.29. The second kappa shape index (κ2) is 8.34. The van der Waals surface area contributed by atoms with Crippen molar-refractivity contribution in [1.82, 2.24) is 9.62 Å². The van der Waals surface area contributed by atoms with Gasteiger partial charge in [-0.05, 0) is 38.0 Å². The highest BCUT2D eigenvalue weighted by molar-refractivity contribution is 7.89. The molecule has 0 bridgehead atoms. The summed E-state index contributed by atoms with van der Waals surface area (Å²) in [6.45, 7) is 2.04. The van der Waals surface area contributed by atoms with Crippen LogP contribution in [-0.2, 0) is 14.8 Å². The lowest BCUT2D eigenvalue weighted by Crippen LogP contribution is -2.47. The third-order valence-corrected chi connectivity index (χ3v) is 6.39. The second-order valence-electron chi connectivity index (χ2n) is 6.14. The van der Waals surface area contributed by atoms with E-state index in [4.69, 9.17) is 16.7 Å². The van der Waals surface area contributed by atoms with Crippen LogP contribution in [0.3, 0.4) is 0 Å². The number of piperidine rings is 1. The molecule has 1 heterocycles. The summed E-state index contributed by atoms with van der Waals surface area (Å²) in [7, 11) is -3.77. The van der Waals surface area contributed by atoms with Gasteiger partial charge >= 0.3 is 5.97 Å². The number of hydrogen-bond acceptors (Lipinski definition) is 5. The highest BCUT2D eigenvalue weighted by Crippen LogP contribution is 2.25. The number of nitrogens with one attached hydrogen (secondary N) is 1. The number of aliphatic hydroxyl groups excluding tert-OH is 1. The molecule has 1 aromatic carbocycles. The molecule has 1 amide bonds. The first kappa shape index (κ1) is 20.6. The van der Waals surface area contributed by atoms with Gasteiger partial charge in [-0.15, -0.1) is 0 Å². The number of carboxylic acids is 1. The van der Waals surface area contributed by atoms with Gasteiger partial charge in [-0.2, -0.15) is 4.31 Å². The van der Waals surface area contributed by atoms with E-state index in [1.165, 1.54) is 23.4 Å². The molecule has 2 rings (SSSR count). The number of aliphatic carboxylic acids is 1. The third kappa shape index (κ3) is 4.53.